The molecule has 2 aliphatic rings. The quantitative estimate of drug-likeness (QED) is 0.737. The summed E-state index contributed by atoms with van der Waals surface area (Å²) in [6.45, 7) is 3.08. The van der Waals surface area contributed by atoms with E-state index in [9.17, 15) is 0 Å². The molecule has 3 unspecified atom stereocenters. The van der Waals surface area contributed by atoms with Crippen LogP contribution in [0.2, 0.25) is 0 Å². The third-order valence-electron chi connectivity index (χ3n) is 2.82. The Morgan fingerprint density at radius 3 is 3.08 bits per heavy atom. The number of rotatable bonds is 2. The summed E-state index contributed by atoms with van der Waals surface area (Å²) in [6, 6.07) is 0.557. The van der Waals surface area contributed by atoms with E-state index in [0.29, 0.717) is 12.3 Å². The number of thioether (sulfide) groups is 1. The molecule has 0 aliphatic carbocycles. The van der Waals surface area contributed by atoms with Crippen molar-refractivity contribution in [2.24, 2.45) is 5.92 Å². The molecule has 0 aromatic rings. The van der Waals surface area contributed by atoms with Crippen molar-refractivity contribution < 1.29 is 4.74 Å². The second kappa shape index (κ2) is 4.67. The minimum Gasteiger partial charge on any atom is -0.362 e. The van der Waals surface area contributed by atoms with E-state index in [1.807, 2.05) is 0 Å². The van der Waals surface area contributed by atoms with Gasteiger partial charge in [0.2, 0.25) is 0 Å². The molecule has 0 aromatic heterocycles. The average Bonchev–Trinajstić information content (AvgIpc) is 2.53. The van der Waals surface area contributed by atoms with Crippen LogP contribution < -0.4 is 5.32 Å². The van der Waals surface area contributed by atoms with Crippen LogP contribution in [0.3, 0.4) is 0 Å². The molecule has 0 bridgehead atoms. The van der Waals surface area contributed by atoms with Gasteiger partial charge in [0.05, 0.1) is 6.61 Å². The molecule has 2 nitrogen and oxygen atoms in total. The van der Waals surface area contributed by atoms with E-state index in [4.69, 9.17) is 4.74 Å². The Kier molecular flexibility index (Phi) is 3.52. The summed E-state index contributed by atoms with van der Waals surface area (Å²) in [4.78, 5) is 0. The topological polar surface area (TPSA) is 21.3 Å². The molecule has 3 atom stereocenters. The lowest BCUT2D eigenvalue weighted by Crippen LogP contribution is -2.31. The maximum absolute atomic E-state index is 5.65. The van der Waals surface area contributed by atoms with E-state index < -0.39 is 0 Å². The van der Waals surface area contributed by atoms with Crippen molar-refractivity contribution in [2.45, 2.75) is 38.5 Å². The molecule has 0 amide bonds. The first-order valence-electron chi connectivity index (χ1n) is 5.30. The summed E-state index contributed by atoms with van der Waals surface area (Å²) in [7, 11) is 0. The predicted molar refractivity (Wildman–Crippen MR) is 57.0 cm³/mol. The van der Waals surface area contributed by atoms with Crippen molar-refractivity contribution in [3.8, 4) is 0 Å². The molecule has 0 spiro atoms. The zero-order chi connectivity index (χ0) is 9.10. The summed E-state index contributed by atoms with van der Waals surface area (Å²) in [5.41, 5.74) is 0. The maximum Gasteiger partial charge on any atom is 0.108 e. The minimum absolute atomic E-state index is 0.346. The van der Waals surface area contributed by atoms with E-state index in [-0.39, 0.29) is 0 Å². The van der Waals surface area contributed by atoms with Crippen molar-refractivity contribution in [2.75, 3.05) is 18.1 Å². The Bertz CT molecular complexity index is 156. The predicted octanol–water partition coefficient (Wildman–Crippen LogP) is 1.85. The highest BCUT2D eigenvalue weighted by Gasteiger charge is 2.25. The minimum atomic E-state index is 0.346. The molecule has 2 heterocycles. The average molecular weight is 201 g/mol. The van der Waals surface area contributed by atoms with Crippen LogP contribution in [0.4, 0.5) is 0 Å². The van der Waals surface area contributed by atoms with Crippen LogP contribution in [0.25, 0.3) is 0 Å². The van der Waals surface area contributed by atoms with Gasteiger partial charge in [-0.3, -0.25) is 5.32 Å². The van der Waals surface area contributed by atoms with Crippen molar-refractivity contribution in [3.63, 3.8) is 0 Å². The Hall–Kier alpha value is 0.270. The van der Waals surface area contributed by atoms with Gasteiger partial charge in [-0.25, -0.2) is 0 Å². The van der Waals surface area contributed by atoms with Gasteiger partial charge in [-0.1, -0.05) is 0 Å². The molecular formula is C10H19NOS. The molecule has 13 heavy (non-hydrogen) atoms. The van der Waals surface area contributed by atoms with Crippen molar-refractivity contribution in [3.05, 3.63) is 0 Å². The highest BCUT2D eigenvalue weighted by atomic mass is 32.2. The van der Waals surface area contributed by atoms with Crippen LogP contribution in [0.5, 0.6) is 0 Å². The zero-order valence-corrected chi connectivity index (χ0v) is 9.11. The Morgan fingerprint density at radius 2 is 2.46 bits per heavy atom. The lowest BCUT2D eigenvalue weighted by Gasteiger charge is -2.23. The van der Waals surface area contributed by atoms with Crippen LogP contribution in [-0.2, 0) is 4.74 Å². The first kappa shape index (κ1) is 9.81. The lowest BCUT2D eigenvalue weighted by molar-refractivity contribution is 0.0802. The molecular weight excluding hydrogens is 182 g/mol. The van der Waals surface area contributed by atoms with Crippen molar-refractivity contribution >= 4 is 11.8 Å². The summed E-state index contributed by atoms with van der Waals surface area (Å²) >= 11 is 2.10. The zero-order valence-electron chi connectivity index (χ0n) is 8.29. The molecule has 76 valence electrons. The summed E-state index contributed by atoms with van der Waals surface area (Å²) in [5.74, 6) is 3.60. The molecule has 0 aromatic carbocycles. The van der Waals surface area contributed by atoms with E-state index in [0.717, 1.165) is 12.5 Å². The normalized spacial score (nSPS) is 40.8. The Labute approximate surface area is 84.8 Å². The van der Waals surface area contributed by atoms with E-state index in [2.05, 4.69) is 24.0 Å². The van der Waals surface area contributed by atoms with Crippen LogP contribution in [-0.4, -0.2) is 30.4 Å². The first-order chi connectivity index (χ1) is 6.34. The summed E-state index contributed by atoms with van der Waals surface area (Å²) < 4.78 is 5.65. The lowest BCUT2D eigenvalue weighted by atomic mass is 10.0. The number of hydrogen-bond donors (Lipinski definition) is 1. The second-order valence-electron chi connectivity index (χ2n) is 4.21. The van der Waals surface area contributed by atoms with Gasteiger partial charge in [-0.15, -0.1) is 0 Å². The molecule has 1 N–H and O–H groups in total. The van der Waals surface area contributed by atoms with Gasteiger partial charge < -0.3 is 4.74 Å². The van der Waals surface area contributed by atoms with Crippen molar-refractivity contribution in [1.82, 2.24) is 5.32 Å². The molecule has 0 saturated carbocycles. The van der Waals surface area contributed by atoms with Gasteiger partial charge in [-0.05, 0) is 43.6 Å². The molecule has 3 heteroatoms. The van der Waals surface area contributed by atoms with Gasteiger partial charge in [-0.2, -0.15) is 11.8 Å². The summed E-state index contributed by atoms with van der Waals surface area (Å²) in [6.07, 6.45) is 4.37. The maximum atomic E-state index is 5.65. The highest BCUT2D eigenvalue weighted by molar-refractivity contribution is 7.99. The number of ether oxygens (including phenoxy) is 1. The van der Waals surface area contributed by atoms with E-state index in [1.165, 1.54) is 30.8 Å². The highest BCUT2D eigenvalue weighted by Crippen LogP contribution is 2.27. The first-order valence-corrected chi connectivity index (χ1v) is 6.45. The molecule has 2 fully saturated rings. The fourth-order valence-corrected chi connectivity index (χ4v) is 3.28. The van der Waals surface area contributed by atoms with Crippen molar-refractivity contribution in [1.29, 1.82) is 0 Å². The number of nitrogens with one attached hydrogen (secondary N) is 1. The van der Waals surface area contributed by atoms with Crippen LogP contribution >= 0.6 is 11.8 Å². The smallest absolute Gasteiger partial charge is 0.108 e. The molecule has 2 saturated heterocycles. The molecule has 2 aliphatic heterocycles. The Balaban J connectivity index is 1.71. The second-order valence-corrected chi connectivity index (χ2v) is 5.36. The van der Waals surface area contributed by atoms with Gasteiger partial charge in [0.15, 0.2) is 0 Å². The van der Waals surface area contributed by atoms with Crippen LogP contribution in [0.15, 0.2) is 0 Å². The number of hydrogen-bond acceptors (Lipinski definition) is 3. The SMILES string of the molecule is CC1COC(CC2CCCSC2)N1. The monoisotopic (exact) mass is 201 g/mol. The van der Waals surface area contributed by atoms with E-state index >= 15 is 0 Å². The van der Waals surface area contributed by atoms with Gasteiger partial charge in [0.25, 0.3) is 0 Å². The third-order valence-corrected chi connectivity index (χ3v) is 4.10. The van der Waals surface area contributed by atoms with E-state index in [1.54, 1.807) is 0 Å². The van der Waals surface area contributed by atoms with Crippen LogP contribution in [0.1, 0.15) is 26.2 Å². The molecule has 0 radical (unpaired) electrons. The largest absolute Gasteiger partial charge is 0.362 e. The summed E-state index contributed by atoms with van der Waals surface area (Å²) in [5, 5.41) is 3.47. The van der Waals surface area contributed by atoms with Gasteiger partial charge in [0, 0.05) is 6.04 Å². The Morgan fingerprint density at radius 1 is 1.54 bits per heavy atom. The molecule has 2 rings (SSSR count). The van der Waals surface area contributed by atoms with Gasteiger partial charge in [0.1, 0.15) is 6.23 Å². The fourth-order valence-electron chi connectivity index (χ4n) is 2.11. The fraction of sp³-hybridized carbons (Fsp3) is 1.00. The standard InChI is InChI=1S/C10H19NOS/c1-8-6-12-10(11-8)5-9-3-2-4-13-7-9/h8-11H,2-7H2,1H3. The van der Waals surface area contributed by atoms with Gasteiger partial charge >= 0.3 is 0 Å². The third kappa shape index (κ3) is 2.86. The van der Waals surface area contributed by atoms with Crippen LogP contribution in [0, 0.1) is 5.92 Å².